The lowest BCUT2D eigenvalue weighted by molar-refractivity contribution is -0.917. The second-order valence-electron chi connectivity index (χ2n) is 3.83. The summed E-state index contributed by atoms with van der Waals surface area (Å²) in [7, 11) is -1.75. The summed E-state index contributed by atoms with van der Waals surface area (Å²) in [5, 5.41) is 8.73. The van der Waals surface area contributed by atoms with Gasteiger partial charge in [0.15, 0.2) is 0 Å². The average molecular weight is 241 g/mol. The maximum Gasteiger partial charge on any atom is 0.102 e. The molecule has 1 heterocycles. The topological polar surface area (TPSA) is 86.7 Å². The van der Waals surface area contributed by atoms with Gasteiger partial charge in [-0.25, -0.2) is 8.42 Å². The Morgan fingerprint density at radius 3 is 2.13 bits per heavy atom. The van der Waals surface area contributed by atoms with Crippen LogP contribution in [0.1, 0.15) is 0 Å². The predicted octanol–water partition coefficient (Wildman–Crippen LogP) is -1.38. The first-order valence-corrected chi connectivity index (χ1v) is 6.51. The van der Waals surface area contributed by atoms with E-state index in [9.17, 15) is 0 Å². The molecule has 1 N–H and O–H groups in total. The number of aliphatic hydroxyl groups is 1. The van der Waals surface area contributed by atoms with Crippen LogP contribution in [-0.4, -0.2) is 75.3 Å². The van der Waals surface area contributed by atoms with Gasteiger partial charge in [-0.1, -0.05) is 0 Å². The smallest absolute Gasteiger partial charge is 0.102 e. The molecule has 15 heavy (non-hydrogen) atoms. The van der Waals surface area contributed by atoms with Gasteiger partial charge in [-0.3, -0.25) is 0 Å². The van der Waals surface area contributed by atoms with Crippen LogP contribution < -0.4 is 0 Å². The van der Waals surface area contributed by atoms with E-state index in [0.29, 0.717) is 6.26 Å². The molecule has 0 aliphatic carbocycles. The van der Waals surface area contributed by atoms with Crippen LogP contribution in [0.5, 0.6) is 0 Å². The molecule has 0 aromatic rings. The number of aliphatic hydroxyl groups excluding tert-OH is 1. The van der Waals surface area contributed by atoms with E-state index in [4.69, 9.17) is 22.8 Å². The van der Waals surface area contributed by atoms with Crippen molar-refractivity contribution >= 4 is 10.1 Å². The Kier molecular flexibility index (Phi) is 6.30. The molecular weight excluding hydrogens is 222 g/mol. The minimum absolute atomic E-state index is 0.288. The standard InChI is InChI=1S/C7H16NO2.CH4O3S/c1-8(2-5-9)3-6-10-7-4-8;1-5(2,3)4/h9H,2-7H2,1H3;1H3,(H,2,3,4)/q+1;/p-1. The van der Waals surface area contributed by atoms with E-state index in [2.05, 4.69) is 7.05 Å². The maximum atomic E-state index is 9.08. The second-order valence-corrected chi connectivity index (χ2v) is 5.24. The molecule has 6 nitrogen and oxygen atoms in total. The monoisotopic (exact) mass is 241 g/mol. The lowest BCUT2D eigenvalue weighted by Gasteiger charge is -2.36. The highest BCUT2D eigenvalue weighted by atomic mass is 32.2. The van der Waals surface area contributed by atoms with Crippen LogP contribution in [0.2, 0.25) is 0 Å². The fourth-order valence-electron chi connectivity index (χ4n) is 1.25. The molecule has 0 atom stereocenters. The van der Waals surface area contributed by atoms with Crippen molar-refractivity contribution in [1.82, 2.24) is 0 Å². The SMILES string of the molecule is CS(=O)(=O)[O-].C[N+]1(CCO)CCOCC1. The molecule has 0 aromatic carbocycles. The third-order valence-corrected chi connectivity index (χ3v) is 2.19. The van der Waals surface area contributed by atoms with Gasteiger partial charge in [0.05, 0.1) is 37.0 Å². The fourth-order valence-corrected chi connectivity index (χ4v) is 1.25. The van der Waals surface area contributed by atoms with E-state index in [1.165, 1.54) is 0 Å². The summed E-state index contributed by atoms with van der Waals surface area (Å²) < 4.78 is 33.4. The van der Waals surface area contributed by atoms with Crippen LogP contribution in [0, 0.1) is 0 Å². The Morgan fingerprint density at radius 2 is 1.80 bits per heavy atom. The number of rotatable bonds is 2. The maximum absolute atomic E-state index is 9.08. The van der Waals surface area contributed by atoms with Gasteiger partial charge in [-0.15, -0.1) is 0 Å². The van der Waals surface area contributed by atoms with E-state index in [1.807, 2.05) is 0 Å². The molecular formula is C8H19NO5S. The van der Waals surface area contributed by atoms with Crippen LogP contribution in [0.15, 0.2) is 0 Å². The minimum atomic E-state index is -3.92. The van der Waals surface area contributed by atoms with Crippen molar-refractivity contribution in [1.29, 1.82) is 0 Å². The zero-order chi connectivity index (χ0) is 11.9. The molecule has 1 aliphatic rings. The van der Waals surface area contributed by atoms with E-state index < -0.39 is 10.1 Å². The van der Waals surface area contributed by atoms with Gasteiger partial charge in [0.2, 0.25) is 0 Å². The molecule has 1 saturated heterocycles. The first-order valence-electron chi connectivity index (χ1n) is 4.70. The van der Waals surface area contributed by atoms with Crippen molar-refractivity contribution in [2.75, 3.05) is 52.8 Å². The van der Waals surface area contributed by atoms with E-state index in [0.717, 1.165) is 37.3 Å². The zero-order valence-corrected chi connectivity index (χ0v) is 9.99. The predicted molar refractivity (Wildman–Crippen MR) is 54.3 cm³/mol. The molecule has 1 aliphatic heterocycles. The molecule has 0 bridgehead atoms. The molecule has 0 amide bonds. The summed E-state index contributed by atoms with van der Waals surface area (Å²) in [6.07, 6.45) is 0.604. The average Bonchev–Trinajstić information content (AvgIpc) is 2.02. The minimum Gasteiger partial charge on any atom is -0.748 e. The number of ether oxygens (including phenoxy) is 1. The van der Waals surface area contributed by atoms with Crippen LogP contribution in [-0.2, 0) is 14.9 Å². The van der Waals surface area contributed by atoms with Crippen LogP contribution in [0.4, 0.5) is 0 Å². The van der Waals surface area contributed by atoms with Crippen molar-refractivity contribution in [2.24, 2.45) is 0 Å². The van der Waals surface area contributed by atoms with Gasteiger partial charge < -0.3 is 18.9 Å². The highest BCUT2D eigenvalue weighted by molar-refractivity contribution is 7.84. The summed E-state index contributed by atoms with van der Waals surface area (Å²) >= 11 is 0. The van der Waals surface area contributed by atoms with Crippen molar-refractivity contribution in [3.05, 3.63) is 0 Å². The molecule has 0 radical (unpaired) electrons. The zero-order valence-electron chi connectivity index (χ0n) is 9.18. The lowest BCUT2D eigenvalue weighted by Crippen LogP contribution is -2.53. The lowest BCUT2D eigenvalue weighted by atomic mass is 10.3. The van der Waals surface area contributed by atoms with Gasteiger partial charge in [0.25, 0.3) is 0 Å². The molecule has 7 heteroatoms. The first-order chi connectivity index (χ1) is 6.77. The number of morpholine rings is 1. The molecule has 1 rings (SSSR count). The van der Waals surface area contributed by atoms with Gasteiger partial charge in [-0.2, -0.15) is 0 Å². The summed E-state index contributed by atoms with van der Waals surface area (Å²) in [5.74, 6) is 0. The highest BCUT2D eigenvalue weighted by Crippen LogP contribution is 2.05. The Hall–Kier alpha value is -0.210. The van der Waals surface area contributed by atoms with Crippen molar-refractivity contribution in [2.45, 2.75) is 0 Å². The van der Waals surface area contributed by atoms with Crippen LogP contribution >= 0.6 is 0 Å². The Labute approximate surface area is 90.8 Å². The molecule has 0 unspecified atom stereocenters. The Morgan fingerprint density at radius 1 is 1.40 bits per heavy atom. The number of likely N-dealkylation sites (N-methyl/N-ethyl adjacent to an activating group) is 1. The number of nitrogens with zero attached hydrogens (tertiary/aromatic N) is 1. The Balaban J connectivity index is 0.000000336. The number of hydrogen-bond acceptors (Lipinski definition) is 5. The summed E-state index contributed by atoms with van der Waals surface area (Å²) in [4.78, 5) is 0. The molecule has 1 fully saturated rings. The van der Waals surface area contributed by atoms with Crippen molar-refractivity contribution < 1.29 is 27.3 Å². The third kappa shape index (κ3) is 10.1. The Bertz CT molecular complexity index is 245. The number of quaternary nitrogens is 1. The molecule has 92 valence electrons. The van der Waals surface area contributed by atoms with E-state index in [-0.39, 0.29) is 6.61 Å². The van der Waals surface area contributed by atoms with Crippen LogP contribution in [0.25, 0.3) is 0 Å². The van der Waals surface area contributed by atoms with Crippen molar-refractivity contribution in [3.63, 3.8) is 0 Å². The van der Waals surface area contributed by atoms with E-state index >= 15 is 0 Å². The fraction of sp³-hybridized carbons (Fsp3) is 1.00. The van der Waals surface area contributed by atoms with Gasteiger partial charge in [0, 0.05) is 6.26 Å². The summed E-state index contributed by atoms with van der Waals surface area (Å²) in [6.45, 7) is 4.92. The highest BCUT2D eigenvalue weighted by Gasteiger charge is 2.23. The largest absolute Gasteiger partial charge is 0.748 e. The normalized spacial score (nSPS) is 20.3. The van der Waals surface area contributed by atoms with Crippen molar-refractivity contribution in [3.8, 4) is 0 Å². The second kappa shape index (κ2) is 6.39. The molecule has 0 aromatic heterocycles. The van der Waals surface area contributed by atoms with Gasteiger partial charge in [0.1, 0.15) is 19.6 Å². The summed E-state index contributed by atoms with van der Waals surface area (Å²) in [5.41, 5.74) is 0. The molecule has 0 saturated carbocycles. The quantitative estimate of drug-likeness (QED) is 0.475. The van der Waals surface area contributed by atoms with Crippen LogP contribution in [0.3, 0.4) is 0 Å². The first kappa shape index (κ1) is 14.8. The van der Waals surface area contributed by atoms with Gasteiger partial charge >= 0.3 is 0 Å². The summed E-state index contributed by atoms with van der Waals surface area (Å²) in [6, 6.07) is 0. The third-order valence-electron chi connectivity index (χ3n) is 2.19. The number of hydrogen-bond donors (Lipinski definition) is 1. The van der Waals surface area contributed by atoms with Gasteiger partial charge in [-0.05, 0) is 0 Å². The van der Waals surface area contributed by atoms with E-state index in [1.54, 1.807) is 0 Å². The molecule has 0 spiro atoms.